The second-order valence-electron chi connectivity index (χ2n) is 3.50. The van der Waals surface area contributed by atoms with Crippen LogP contribution in [0.25, 0.3) is 0 Å². The monoisotopic (exact) mass is 276 g/mol. The Labute approximate surface area is 115 Å². The first-order valence-electron chi connectivity index (χ1n) is 4.67. The van der Waals surface area contributed by atoms with Gasteiger partial charge in [-0.15, -0.1) is 24.8 Å². The van der Waals surface area contributed by atoms with Crippen LogP contribution in [0.3, 0.4) is 0 Å². The van der Waals surface area contributed by atoms with E-state index in [4.69, 9.17) is 0 Å². The molecule has 0 spiro atoms. The van der Waals surface area contributed by atoms with Crippen LogP contribution in [-0.2, 0) is 0 Å². The van der Waals surface area contributed by atoms with E-state index in [1.54, 1.807) is 0 Å². The molecule has 2 heterocycles. The maximum atomic E-state index is 2.12. The third kappa shape index (κ3) is 4.69. The number of rotatable bonds is 0. The molecule has 0 bridgehead atoms. The molecule has 2 aliphatic rings. The van der Waals surface area contributed by atoms with E-state index in [0.29, 0.717) is 0 Å². The summed E-state index contributed by atoms with van der Waals surface area (Å²) < 4.78 is 0. The highest BCUT2D eigenvalue weighted by molar-refractivity contribution is 5.85. The van der Waals surface area contributed by atoms with Crippen molar-refractivity contribution >= 4 is 24.8 Å². The van der Waals surface area contributed by atoms with Crippen molar-refractivity contribution in [2.45, 2.75) is 0 Å². The van der Waals surface area contributed by atoms with Crippen molar-refractivity contribution < 1.29 is 5.48 Å². The molecular formula is C12H18Cl2N2O. The lowest BCUT2D eigenvalue weighted by atomic mass is 10.1. The Morgan fingerprint density at radius 1 is 0.647 bits per heavy atom. The van der Waals surface area contributed by atoms with Gasteiger partial charge in [0.25, 0.3) is 0 Å². The molecule has 0 atom stereocenters. The van der Waals surface area contributed by atoms with Gasteiger partial charge in [0.05, 0.1) is 0 Å². The molecule has 2 rings (SSSR count). The van der Waals surface area contributed by atoms with Gasteiger partial charge in [0.1, 0.15) is 0 Å². The highest BCUT2D eigenvalue weighted by atomic mass is 35.5. The summed E-state index contributed by atoms with van der Waals surface area (Å²) >= 11 is 0. The van der Waals surface area contributed by atoms with Crippen LogP contribution in [0, 0.1) is 0 Å². The topological polar surface area (TPSA) is 38.0 Å². The van der Waals surface area contributed by atoms with Crippen LogP contribution in [-0.4, -0.2) is 29.4 Å². The normalized spacial score (nSPS) is 16.4. The minimum atomic E-state index is 0. The highest BCUT2D eigenvalue weighted by Gasteiger charge is 2.02. The zero-order valence-corrected chi connectivity index (χ0v) is 11.5. The maximum Gasteiger partial charge on any atom is 0.0106 e. The molecule has 3 nitrogen and oxygen atoms in total. The molecule has 0 saturated carbocycles. The summed E-state index contributed by atoms with van der Waals surface area (Å²) in [7, 11) is 4.05. The number of hydrogen-bond acceptors (Lipinski definition) is 2. The first kappa shape index (κ1) is 18.2. The predicted molar refractivity (Wildman–Crippen MR) is 77.2 cm³/mol. The second kappa shape index (κ2) is 8.01. The zero-order valence-electron chi connectivity index (χ0n) is 9.83. The van der Waals surface area contributed by atoms with Gasteiger partial charge in [-0.25, -0.2) is 0 Å². The SMILES string of the molecule is CN1C=CC(=C2C=CN(C)C=C2)C=C1.Cl.Cl.O. The van der Waals surface area contributed by atoms with Crippen LogP contribution in [0.4, 0.5) is 0 Å². The van der Waals surface area contributed by atoms with E-state index < -0.39 is 0 Å². The van der Waals surface area contributed by atoms with Gasteiger partial charge in [0, 0.05) is 38.9 Å². The Morgan fingerprint density at radius 2 is 0.882 bits per heavy atom. The molecular weight excluding hydrogens is 259 g/mol. The number of halogens is 2. The quantitative estimate of drug-likeness (QED) is 0.681. The van der Waals surface area contributed by atoms with Crippen LogP contribution in [0.1, 0.15) is 0 Å². The Balaban J connectivity index is 0. The minimum absolute atomic E-state index is 0. The summed E-state index contributed by atoms with van der Waals surface area (Å²) in [5.41, 5.74) is 2.51. The van der Waals surface area contributed by atoms with Crippen molar-refractivity contribution in [1.82, 2.24) is 9.80 Å². The highest BCUT2D eigenvalue weighted by Crippen LogP contribution is 2.18. The fourth-order valence-electron chi connectivity index (χ4n) is 1.39. The molecule has 0 radical (unpaired) electrons. The lowest BCUT2D eigenvalue weighted by Crippen LogP contribution is -2.06. The van der Waals surface area contributed by atoms with E-state index in [2.05, 4.69) is 49.1 Å². The van der Waals surface area contributed by atoms with E-state index >= 15 is 0 Å². The zero-order chi connectivity index (χ0) is 9.97. The van der Waals surface area contributed by atoms with Crippen molar-refractivity contribution in [3.05, 3.63) is 60.3 Å². The first-order chi connectivity index (χ1) is 6.75. The summed E-state index contributed by atoms with van der Waals surface area (Å²) in [5, 5.41) is 0. The van der Waals surface area contributed by atoms with Crippen LogP contribution in [0.2, 0.25) is 0 Å². The van der Waals surface area contributed by atoms with Crippen LogP contribution in [0.5, 0.6) is 0 Å². The Hall–Kier alpha value is -1.16. The summed E-state index contributed by atoms with van der Waals surface area (Å²) in [5.74, 6) is 0. The molecule has 0 aliphatic carbocycles. The fourth-order valence-corrected chi connectivity index (χ4v) is 1.39. The van der Waals surface area contributed by atoms with Crippen molar-refractivity contribution in [2.75, 3.05) is 14.1 Å². The molecule has 0 fully saturated rings. The standard InChI is InChI=1S/C12H14N2.2ClH.H2O/c1-13-7-3-11(4-8-13)12-5-9-14(2)10-6-12;;;/h3-10H,1-2H3;2*1H;1H2. The molecule has 5 heteroatoms. The molecule has 2 aliphatic heterocycles. The molecule has 0 aromatic rings. The predicted octanol–water partition coefficient (Wildman–Crippen LogP) is 2.25. The lowest BCUT2D eigenvalue weighted by molar-refractivity contribution is 0.616. The van der Waals surface area contributed by atoms with Gasteiger partial charge in [-0.1, -0.05) is 0 Å². The largest absolute Gasteiger partial charge is 0.412 e. The Bertz CT molecular complexity index is 316. The van der Waals surface area contributed by atoms with E-state index in [1.807, 2.05) is 23.9 Å². The molecule has 2 N–H and O–H groups in total. The summed E-state index contributed by atoms with van der Waals surface area (Å²) in [4.78, 5) is 4.07. The Kier molecular flexibility index (Phi) is 8.58. The average molecular weight is 277 g/mol. The van der Waals surface area contributed by atoms with Gasteiger partial charge in [-0.3, -0.25) is 0 Å². The number of allylic oxidation sites excluding steroid dienone is 6. The van der Waals surface area contributed by atoms with E-state index in [1.165, 1.54) is 11.1 Å². The summed E-state index contributed by atoms with van der Waals surface area (Å²) in [6.07, 6.45) is 16.7. The molecule has 17 heavy (non-hydrogen) atoms. The van der Waals surface area contributed by atoms with Gasteiger partial charge in [-0.05, 0) is 35.5 Å². The number of hydrogen-bond donors (Lipinski definition) is 0. The molecule has 0 aromatic heterocycles. The molecule has 96 valence electrons. The minimum Gasteiger partial charge on any atom is -0.412 e. The smallest absolute Gasteiger partial charge is 0.0106 e. The van der Waals surface area contributed by atoms with Crippen LogP contribution < -0.4 is 0 Å². The van der Waals surface area contributed by atoms with E-state index in [-0.39, 0.29) is 30.3 Å². The molecule has 0 unspecified atom stereocenters. The van der Waals surface area contributed by atoms with Gasteiger partial charge in [0.15, 0.2) is 0 Å². The van der Waals surface area contributed by atoms with E-state index in [0.717, 1.165) is 0 Å². The lowest BCUT2D eigenvalue weighted by Gasteiger charge is -2.16. The molecule has 0 aromatic carbocycles. The molecule has 0 amide bonds. The van der Waals surface area contributed by atoms with Crippen molar-refractivity contribution in [1.29, 1.82) is 0 Å². The maximum absolute atomic E-state index is 2.12. The van der Waals surface area contributed by atoms with Gasteiger partial charge in [-0.2, -0.15) is 0 Å². The molecule has 0 saturated heterocycles. The van der Waals surface area contributed by atoms with Crippen molar-refractivity contribution in [3.63, 3.8) is 0 Å². The summed E-state index contributed by atoms with van der Waals surface area (Å²) in [6.45, 7) is 0. The van der Waals surface area contributed by atoms with Gasteiger partial charge < -0.3 is 15.3 Å². The summed E-state index contributed by atoms with van der Waals surface area (Å²) in [6, 6.07) is 0. The van der Waals surface area contributed by atoms with Crippen LogP contribution >= 0.6 is 24.8 Å². The van der Waals surface area contributed by atoms with Gasteiger partial charge >= 0.3 is 0 Å². The fraction of sp³-hybridized carbons (Fsp3) is 0.167. The van der Waals surface area contributed by atoms with Gasteiger partial charge in [0.2, 0.25) is 0 Å². The van der Waals surface area contributed by atoms with Crippen molar-refractivity contribution in [2.24, 2.45) is 0 Å². The number of nitrogens with zero attached hydrogens (tertiary/aromatic N) is 2. The van der Waals surface area contributed by atoms with E-state index in [9.17, 15) is 0 Å². The first-order valence-corrected chi connectivity index (χ1v) is 4.67. The second-order valence-corrected chi connectivity index (χ2v) is 3.50. The Morgan fingerprint density at radius 3 is 1.12 bits per heavy atom. The van der Waals surface area contributed by atoms with Crippen LogP contribution in [0.15, 0.2) is 60.3 Å². The third-order valence-corrected chi connectivity index (χ3v) is 2.29. The van der Waals surface area contributed by atoms with Crippen molar-refractivity contribution in [3.8, 4) is 0 Å². The third-order valence-electron chi connectivity index (χ3n) is 2.29. The average Bonchev–Trinajstić information content (AvgIpc) is 2.21.